The normalized spacial score (nSPS) is 15.1. The molecule has 3 rings (SSSR count). The van der Waals surface area contributed by atoms with Crippen LogP contribution in [-0.4, -0.2) is 28.5 Å². The van der Waals surface area contributed by atoms with Gasteiger partial charge in [-0.2, -0.15) is 13.2 Å². The Labute approximate surface area is 142 Å². The third-order valence-electron chi connectivity index (χ3n) is 4.36. The van der Waals surface area contributed by atoms with Gasteiger partial charge in [-0.3, -0.25) is 9.69 Å². The zero-order valence-corrected chi connectivity index (χ0v) is 13.9. The van der Waals surface area contributed by atoms with Gasteiger partial charge in [-0.05, 0) is 30.2 Å². The van der Waals surface area contributed by atoms with Crippen LogP contribution in [0.1, 0.15) is 28.2 Å². The van der Waals surface area contributed by atoms with E-state index in [0.29, 0.717) is 25.1 Å². The van der Waals surface area contributed by atoms with Gasteiger partial charge in [0, 0.05) is 26.1 Å². The molecule has 2 aromatic rings. The molecule has 0 saturated heterocycles. The number of aryl methyl sites for hydroxylation is 1. The first-order chi connectivity index (χ1) is 11.8. The van der Waals surface area contributed by atoms with Crippen LogP contribution in [0.3, 0.4) is 0 Å². The van der Waals surface area contributed by atoms with Crippen LogP contribution in [0.5, 0.6) is 5.75 Å². The molecule has 1 N–H and O–H groups in total. The number of nitrogens with one attached hydrogen (secondary N) is 1. The second-order valence-corrected chi connectivity index (χ2v) is 6.09. The van der Waals surface area contributed by atoms with Crippen molar-refractivity contribution in [1.29, 1.82) is 0 Å². The summed E-state index contributed by atoms with van der Waals surface area (Å²) in [7, 11) is 1.60. The minimum absolute atomic E-state index is 0.235. The minimum atomic E-state index is -4.65. The summed E-state index contributed by atoms with van der Waals surface area (Å²) in [4.78, 5) is 19.5. The first-order valence-corrected chi connectivity index (χ1v) is 7.83. The Morgan fingerprint density at radius 3 is 2.76 bits per heavy atom. The summed E-state index contributed by atoms with van der Waals surface area (Å²) in [5, 5.41) is 0. The van der Waals surface area contributed by atoms with Gasteiger partial charge in [0.2, 0.25) is 5.82 Å². The Morgan fingerprint density at radius 2 is 2.12 bits per heavy atom. The molecule has 25 heavy (non-hydrogen) atoms. The summed E-state index contributed by atoms with van der Waals surface area (Å²) in [6.45, 7) is 3.41. The van der Waals surface area contributed by atoms with Crippen molar-refractivity contribution >= 4 is 0 Å². The van der Waals surface area contributed by atoms with Crippen molar-refractivity contribution in [2.45, 2.75) is 32.6 Å². The second kappa shape index (κ2) is 6.51. The highest BCUT2D eigenvalue weighted by molar-refractivity contribution is 5.35. The van der Waals surface area contributed by atoms with E-state index in [1.165, 1.54) is 0 Å². The van der Waals surface area contributed by atoms with Crippen LogP contribution >= 0.6 is 0 Å². The van der Waals surface area contributed by atoms with Crippen LogP contribution in [0.25, 0.3) is 0 Å². The minimum Gasteiger partial charge on any atom is -0.497 e. The largest absolute Gasteiger partial charge is 0.497 e. The molecule has 1 aromatic carbocycles. The highest BCUT2D eigenvalue weighted by Crippen LogP contribution is 2.27. The van der Waals surface area contributed by atoms with Crippen molar-refractivity contribution < 1.29 is 17.9 Å². The van der Waals surface area contributed by atoms with E-state index in [1.807, 2.05) is 35.0 Å². The molecule has 0 spiro atoms. The Morgan fingerprint density at radius 1 is 1.36 bits per heavy atom. The predicted octanol–water partition coefficient (Wildman–Crippen LogP) is 2.66. The molecule has 1 aromatic heterocycles. The molecule has 0 amide bonds. The highest BCUT2D eigenvalue weighted by atomic mass is 19.4. The number of hydrogen-bond donors (Lipinski definition) is 1. The van der Waals surface area contributed by atoms with E-state index in [9.17, 15) is 18.0 Å². The zero-order valence-electron chi connectivity index (χ0n) is 13.9. The van der Waals surface area contributed by atoms with E-state index in [1.54, 1.807) is 7.11 Å². The number of hydrogen-bond acceptors (Lipinski definition) is 4. The fourth-order valence-corrected chi connectivity index (χ4v) is 2.96. The number of aromatic amines is 1. The molecule has 0 atom stereocenters. The smallest absolute Gasteiger partial charge is 0.449 e. The van der Waals surface area contributed by atoms with Gasteiger partial charge >= 0.3 is 6.18 Å². The number of benzene rings is 1. The van der Waals surface area contributed by atoms with E-state index >= 15 is 0 Å². The lowest BCUT2D eigenvalue weighted by molar-refractivity contribution is -0.145. The van der Waals surface area contributed by atoms with Crippen LogP contribution in [0.15, 0.2) is 23.0 Å². The molecule has 1 aliphatic heterocycles. The van der Waals surface area contributed by atoms with Gasteiger partial charge < -0.3 is 9.72 Å². The molecule has 1 aliphatic rings. The van der Waals surface area contributed by atoms with Gasteiger partial charge in [-0.15, -0.1) is 0 Å². The molecular weight excluding hydrogens is 335 g/mol. The molecule has 0 saturated carbocycles. The maximum atomic E-state index is 12.8. The molecule has 0 bridgehead atoms. The Bertz CT molecular complexity index is 846. The van der Waals surface area contributed by atoms with Gasteiger partial charge in [0.1, 0.15) is 5.75 Å². The lowest BCUT2D eigenvalue weighted by atomic mass is 10.0. The van der Waals surface area contributed by atoms with Crippen molar-refractivity contribution in [3.8, 4) is 5.75 Å². The first kappa shape index (κ1) is 17.5. The van der Waals surface area contributed by atoms with Gasteiger partial charge in [0.05, 0.1) is 18.4 Å². The fraction of sp³-hybridized carbons (Fsp3) is 0.412. The number of alkyl halides is 3. The Kier molecular flexibility index (Phi) is 4.55. The van der Waals surface area contributed by atoms with E-state index < -0.39 is 17.6 Å². The van der Waals surface area contributed by atoms with Crippen LogP contribution in [-0.2, 0) is 25.7 Å². The third-order valence-corrected chi connectivity index (χ3v) is 4.36. The Balaban J connectivity index is 1.81. The van der Waals surface area contributed by atoms with Gasteiger partial charge in [-0.25, -0.2) is 4.98 Å². The predicted molar refractivity (Wildman–Crippen MR) is 85.4 cm³/mol. The number of methoxy groups -OCH3 is 1. The Hall–Kier alpha value is -2.35. The standard InChI is InChI=1S/C17H18F3N3O2/c1-10-7-12(25-2)4-3-11(10)8-23-6-5-14-13(9-23)15(24)22-16(21-14)17(18,19)20/h3-4,7H,5-6,8-9H2,1-2H3,(H,21,22,24). The van der Waals surface area contributed by atoms with Crippen molar-refractivity contribution in [1.82, 2.24) is 14.9 Å². The molecule has 5 nitrogen and oxygen atoms in total. The van der Waals surface area contributed by atoms with Crippen LogP contribution in [0.2, 0.25) is 0 Å². The number of halogens is 3. The van der Waals surface area contributed by atoms with E-state index in [4.69, 9.17) is 4.74 Å². The van der Waals surface area contributed by atoms with Crippen LogP contribution in [0, 0.1) is 6.92 Å². The van der Waals surface area contributed by atoms with Crippen molar-refractivity contribution in [3.05, 3.63) is 56.8 Å². The summed E-state index contributed by atoms with van der Waals surface area (Å²) in [6, 6.07) is 5.75. The summed E-state index contributed by atoms with van der Waals surface area (Å²) in [6.07, 6.45) is -4.33. The summed E-state index contributed by atoms with van der Waals surface area (Å²) in [5.74, 6) is -0.457. The van der Waals surface area contributed by atoms with Gasteiger partial charge in [0.25, 0.3) is 5.56 Å². The van der Waals surface area contributed by atoms with Crippen molar-refractivity contribution in [2.75, 3.05) is 13.7 Å². The fourth-order valence-electron chi connectivity index (χ4n) is 2.96. The molecular formula is C17H18F3N3O2. The topological polar surface area (TPSA) is 58.2 Å². The van der Waals surface area contributed by atoms with E-state index in [0.717, 1.165) is 16.9 Å². The van der Waals surface area contributed by atoms with E-state index in [2.05, 4.69) is 4.98 Å². The summed E-state index contributed by atoms with van der Waals surface area (Å²) < 4.78 is 43.4. The lowest BCUT2D eigenvalue weighted by Crippen LogP contribution is -2.36. The maximum Gasteiger partial charge on any atom is 0.449 e. The maximum absolute atomic E-state index is 12.8. The molecule has 0 radical (unpaired) electrons. The quantitative estimate of drug-likeness (QED) is 0.922. The van der Waals surface area contributed by atoms with Gasteiger partial charge in [-0.1, -0.05) is 6.07 Å². The first-order valence-electron chi connectivity index (χ1n) is 7.83. The average Bonchev–Trinajstić information content (AvgIpc) is 2.56. The molecule has 0 aliphatic carbocycles. The third kappa shape index (κ3) is 3.68. The number of ether oxygens (including phenoxy) is 1. The molecule has 0 fully saturated rings. The molecule has 2 heterocycles. The second-order valence-electron chi connectivity index (χ2n) is 6.09. The number of aromatic nitrogens is 2. The average molecular weight is 353 g/mol. The van der Waals surface area contributed by atoms with Crippen LogP contribution in [0.4, 0.5) is 13.2 Å². The zero-order chi connectivity index (χ0) is 18.2. The summed E-state index contributed by atoms with van der Waals surface area (Å²) in [5.41, 5.74) is 1.97. The molecule has 0 unspecified atom stereocenters. The van der Waals surface area contributed by atoms with E-state index in [-0.39, 0.29) is 12.2 Å². The number of rotatable bonds is 3. The lowest BCUT2D eigenvalue weighted by Gasteiger charge is -2.28. The monoisotopic (exact) mass is 353 g/mol. The molecule has 134 valence electrons. The SMILES string of the molecule is COc1ccc(CN2CCc3nc(C(F)(F)F)[nH]c(=O)c3C2)c(C)c1. The highest BCUT2D eigenvalue weighted by Gasteiger charge is 2.35. The van der Waals surface area contributed by atoms with Gasteiger partial charge in [0.15, 0.2) is 0 Å². The number of fused-ring (bicyclic) bond motifs is 1. The number of H-pyrrole nitrogens is 1. The molecule has 8 heteroatoms. The van der Waals surface area contributed by atoms with Crippen molar-refractivity contribution in [2.24, 2.45) is 0 Å². The van der Waals surface area contributed by atoms with Crippen molar-refractivity contribution in [3.63, 3.8) is 0 Å². The van der Waals surface area contributed by atoms with Crippen LogP contribution < -0.4 is 10.3 Å². The summed E-state index contributed by atoms with van der Waals surface area (Å²) >= 11 is 0. The number of nitrogens with zero attached hydrogens (tertiary/aromatic N) is 2.